The minimum absolute atomic E-state index is 0.0766. The molecule has 0 aromatic carbocycles. The van der Waals surface area contributed by atoms with Gasteiger partial charge in [0, 0.05) is 6.42 Å². The zero-order valence-electron chi connectivity index (χ0n) is 34.1. The number of hydrogen-bond acceptors (Lipinski definition) is 4. The Hall–Kier alpha value is -1.62. The number of aliphatic hydroxyl groups is 1. The van der Waals surface area contributed by atoms with Crippen LogP contribution in [0.3, 0.4) is 0 Å². The van der Waals surface area contributed by atoms with Crippen molar-refractivity contribution in [2.45, 2.75) is 208 Å². The molecule has 3 saturated carbocycles. The van der Waals surface area contributed by atoms with Gasteiger partial charge in [-0.25, -0.2) is 4.79 Å². The summed E-state index contributed by atoms with van der Waals surface area (Å²) in [6.45, 7) is 14.8. The van der Waals surface area contributed by atoms with Crippen LogP contribution in [0.5, 0.6) is 0 Å². The fourth-order valence-corrected chi connectivity index (χ4v) is 11.2. The molecule has 8 atom stereocenters. The summed E-state index contributed by atoms with van der Waals surface area (Å²) in [5.41, 5.74) is 2.60. The Labute approximate surface area is 314 Å². The lowest BCUT2D eigenvalue weighted by atomic mass is 9.47. The number of esters is 1. The normalized spacial score (nSPS) is 30.5. The third-order valence-corrected chi connectivity index (χ3v) is 14.1. The summed E-state index contributed by atoms with van der Waals surface area (Å²) < 4.78 is 4.04. The molecule has 4 rings (SSSR count). The van der Waals surface area contributed by atoms with E-state index >= 15 is 0 Å². The van der Waals surface area contributed by atoms with Crippen molar-refractivity contribution in [1.82, 2.24) is 0 Å². The lowest BCUT2D eigenvalue weighted by molar-refractivity contribution is -0.139. The Balaban J connectivity index is 0.000000283. The number of carbonyl (C=O) groups excluding carboxylic acids is 1. The van der Waals surface area contributed by atoms with Crippen molar-refractivity contribution < 1.29 is 24.5 Å². The smallest absolute Gasteiger partial charge is 0.449 e. The van der Waals surface area contributed by atoms with Crippen molar-refractivity contribution >= 4 is 12.1 Å². The molecule has 0 unspecified atom stereocenters. The van der Waals surface area contributed by atoms with Crippen LogP contribution < -0.4 is 0 Å². The van der Waals surface area contributed by atoms with Gasteiger partial charge in [0.15, 0.2) is 0 Å². The van der Waals surface area contributed by atoms with Gasteiger partial charge < -0.3 is 14.9 Å². The van der Waals surface area contributed by atoms with Gasteiger partial charge in [0.2, 0.25) is 0 Å². The van der Waals surface area contributed by atoms with Crippen molar-refractivity contribution in [2.24, 2.45) is 46.3 Å². The van der Waals surface area contributed by atoms with Gasteiger partial charge in [-0.15, -0.1) is 0 Å². The monoisotopic (exact) mass is 713 g/mol. The number of rotatable bonds is 20. The Morgan fingerprint density at radius 3 is 2.12 bits per heavy atom. The van der Waals surface area contributed by atoms with Gasteiger partial charge >= 0.3 is 12.1 Å². The average Bonchev–Trinajstić information content (AvgIpc) is 3.44. The number of allylic oxidation sites excluding steroid dienone is 3. The maximum absolute atomic E-state index is 11.0. The summed E-state index contributed by atoms with van der Waals surface area (Å²) in [6, 6.07) is 0. The summed E-state index contributed by atoms with van der Waals surface area (Å²) in [6.07, 6.45) is 36.0. The minimum Gasteiger partial charge on any atom is -0.449 e. The highest BCUT2D eigenvalue weighted by Gasteiger charge is 2.59. The maximum Gasteiger partial charge on any atom is 0.513 e. The molecule has 2 N–H and O–H groups in total. The van der Waals surface area contributed by atoms with Crippen LogP contribution in [0.2, 0.25) is 0 Å². The molecular formula is C46H80O5. The quantitative estimate of drug-likeness (QED) is 0.0568. The number of hydrogen-bond donors (Lipinski definition) is 2. The molecule has 0 aromatic rings. The van der Waals surface area contributed by atoms with Gasteiger partial charge in [0.25, 0.3) is 0 Å². The first kappa shape index (κ1) is 43.8. The van der Waals surface area contributed by atoms with Crippen LogP contribution in [0.25, 0.3) is 0 Å². The first-order valence-electron chi connectivity index (χ1n) is 21.9. The Morgan fingerprint density at radius 2 is 1.47 bits per heavy atom. The third kappa shape index (κ3) is 13.6. The zero-order valence-corrected chi connectivity index (χ0v) is 34.1. The molecule has 5 heteroatoms. The zero-order chi connectivity index (χ0) is 37.3. The van der Waals surface area contributed by atoms with E-state index in [2.05, 4.69) is 64.5 Å². The molecule has 0 radical (unpaired) electrons. The number of carboxylic acid groups (broad SMARTS) is 1. The number of ether oxygens (including phenoxy) is 1. The van der Waals surface area contributed by atoms with Crippen LogP contribution >= 0.6 is 0 Å². The van der Waals surface area contributed by atoms with Gasteiger partial charge in [-0.05, 0) is 130 Å². The van der Waals surface area contributed by atoms with Crippen LogP contribution in [0.1, 0.15) is 202 Å². The summed E-state index contributed by atoms with van der Waals surface area (Å²) in [5.74, 6) is 4.81. The number of aliphatic hydroxyl groups excluding tert-OH is 1. The average molecular weight is 713 g/mol. The molecule has 0 spiro atoms. The van der Waals surface area contributed by atoms with Crippen LogP contribution in [0.4, 0.5) is 4.79 Å². The van der Waals surface area contributed by atoms with E-state index in [-0.39, 0.29) is 12.5 Å². The molecule has 4 aliphatic rings. The van der Waals surface area contributed by atoms with Crippen molar-refractivity contribution in [3.05, 3.63) is 23.8 Å². The standard InChI is InChI=1S/C27H46O.C19H34O4/c1-18(2)7-6-8-19(3)23-11-12-24-22-10-9-20-17-21(28)13-15-26(20,4)25(22)14-16-27(23,24)5;1-2-3-4-5-6-7-8-9-10-11-12-13-14-15-16-17-18(20)23-19(21)22/h9,18-19,21-25,28H,6-8,10-17H2,1-5H3;9-10H,2-8,11-17H2,1H3,(H,21,22)/t19-,21+,22+,23-,24+,25+,26+,27-;/m1./s1. The van der Waals surface area contributed by atoms with Crippen LogP contribution in [0.15, 0.2) is 23.8 Å². The second kappa shape index (κ2) is 22.6. The van der Waals surface area contributed by atoms with E-state index in [1.54, 1.807) is 5.57 Å². The summed E-state index contributed by atoms with van der Waals surface area (Å²) >= 11 is 0. The van der Waals surface area contributed by atoms with Crippen LogP contribution in [-0.4, -0.2) is 28.4 Å². The molecule has 294 valence electrons. The van der Waals surface area contributed by atoms with Gasteiger partial charge in [0.1, 0.15) is 0 Å². The van der Waals surface area contributed by atoms with E-state index in [9.17, 15) is 14.7 Å². The number of fused-ring (bicyclic) bond motifs is 5. The van der Waals surface area contributed by atoms with E-state index in [0.29, 0.717) is 17.3 Å². The largest absolute Gasteiger partial charge is 0.513 e. The molecule has 0 saturated heterocycles. The first-order valence-corrected chi connectivity index (χ1v) is 21.9. The fraction of sp³-hybridized carbons (Fsp3) is 0.870. The highest BCUT2D eigenvalue weighted by Crippen LogP contribution is 2.67. The van der Waals surface area contributed by atoms with Gasteiger partial charge in [-0.3, -0.25) is 4.79 Å². The van der Waals surface area contributed by atoms with Crippen LogP contribution in [-0.2, 0) is 9.53 Å². The molecule has 5 nitrogen and oxygen atoms in total. The second-order valence-corrected chi connectivity index (χ2v) is 18.3. The second-order valence-electron chi connectivity index (χ2n) is 18.3. The third-order valence-electron chi connectivity index (χ3n) is 14.1. The Kier molecular flexibility index (Phi) is 19.4. The summed E-state index contributed by atoms with van der Waals surface area (Å²) in [4.78, 5) is 21.1. The highest BCUT2D eigenvalue weighted by molar-refractivity contribution is 5.80. The van der Waals surface area contributed by atoms with E-state index in [4.69, 9.17) is 5.11 Å². The summed E-state index contributed by atoms with van der Waals surface area (Å²) in [5, 5.41) is 18.5. The van der Waals surface area contributed by atoms with Crippen LogP contribution in [0, 0.1) is 46.3 Å². The van der Waals surface area contributed by atoms with Crippen molar-refractivity contribution in [2.75, 3.05) is 0 Å². The lowest BCUT2D eigenvalue weighted by Crippen LogP contribution is -2.50. The number of unbranched alkanes of at least 4 members (excludes halogenated alkanes) is 11. The van der Waals surface area contributed by atoms with E-state index < -0.39 is 12.1 Å². The molecule has 51 heavy (non-hydrogen) atoms. The molecule has 0 amide bonds. The predicted molar refractivity (Wildman–Crippen MR) is 213 cm³/mol. The molecule has 3 fully saturated rings. The van der Waals surface area contributed by atoms with E-state index in [1.165, 1.54) is 109 Å². The molecule has 0 aliphatic heterocycles. The SMILES string of the molecule is CC(C)CCC[C@@H](C)[C@H]1CC[C@H]2[C@@H]3CC=C4C[C@@H](O)CC[C@]4(C)[C@H]3CC[C@]12C.CCCCCCCCC=CCCCCCCCC(=O)OC(=O)O. The predicted octanol–water partition coefficient (Wildman–Crippen LogP) is 13.6. The van der Waals surface area contributed by atoms with Gasteiger partial charge in [0.05, 0.1) is 6.10 Å². The van der Waals surface area contributed by atoms with Gasteiger partial charge in [-0.1, -0.05) is 136 Å². The Bertz CT molecular complexity index is 1080. The minimum atomic E-state index is -1.51. The lowest BCUT2D eigenvalue weighted by Gasteiger charge is -2.58. The number of carbonyl (C=O) groups is 2. The molecular weight excluding hydrogens is 633 g/mol. The molecule has 4 aliphatic carbocycles. The van der Waals surface area contributed by atoms with Crippen molar-refractivity contribution in [1.29, 1.82) is 0 Å². The van der Waals surface area contributed by atoms with Gasteiger partial charge in [-0.2, -0.15) is 0 Å². The first-order chi connectivity index (χ1) is 24.4. The maximum atomic E-state index is 11.0. The highest BCUT2D eigenvalue weighted by atomic mass is 16.7. The van der Waals surface area contributed by atoms with Crippen molar-refractivity contribution in [3.8, 4) is 0 Å². The van der Waals surface area contributed by atoms with Crippen molar-refractivity contribution in [3.63, 3.8) is 0 Å². The topological polar surface area (TPSA) is 83.8 Å². The fourth-order valence-electron chi connectivity index (χ4n) is 11.2. The molecule has 0 heterocycles. The Morgan fingerprint density at radius 1 is 0.824 bits per heavy atom. The van der Waals surface area contributed by atoms with E-state index in [1.807, 2.05) is 0 Å². The molecule has 0 bridgehead atoms. The van der Waals surface area contributed by atoms with E-state index in [0.717, 1.165) is 74.0 Å². The molecule has 0 aromatic heterocycles. The summed E-state index contributed by atoms with van der Waals surface area (Å²) in [7, 11) is 0.